The molecule has 2 rings (SSSR count). The molecule has 0 aliphatic rings. The van der Waals surface area contributed by atoms with Crippen molar-refractivity contribution in [1.82, 2.24) is 14.3 Å². The van der Waals surface area contributed by atoms with Crippen LogP contribution >= 0.6 is 11.3 Å². The minimum Gasteiger partial charge on any atom is -0.349 e. The van der Waals surface area contributed by atoms with Crippen LogP contribution in [0.3, 0.4) is 0 Å². The molecule has 2 aromatic rings. The van der Waals surface area contributed by atoms with Crippen molar-refractivity contribution in [2.45, 2.75) is 44.8 Å². The largest absolute Gasteiger partial charge is 0.349 e. The monoisotopic (exact) mass is 328 g/mol. The van der Waals surface area contributed by atoms with Crippen LogP contribution in [0.1, 0.15) is 29.7 Å². The third kappa shape index (κ3) is 3.91. The summed E-state index contributed by atoms with van der Waals surface area (Å²) < 4.78 is 29.1. The fourth-order valence-corrected chi connectivity index (χ4v) is 3.87. The molecule has 8 heteroatoms. The molecule has 116 valence electrons. The highest BCUT2D eigenvalue weighted by Gasteiger charge is 2.18. The van der Waals surface area contributed by atoms with Crippen LogP contribution in [-0.2, 0) is 29.7 Å². The SMILES string of the molecule is CCCn1cc(S(=O)(=O)NCc2nc(C)cs2)cc1CN. The van der Waals surface area contributed by atoms with Gasteiger partial charge in [0.2, 0.25) is 10.0 Å². The Hall–Kier alpha value is -1.22. The van der Waals surface area contributed by atoms with E-state index in [2.05, 4.69) is 9.71 Å². The summed E-state index contributed by atoms with van der Waals surface area (Å²) in [4.78, 5) is 4.50. The minimum atomic E-state index is -3.54. The van der Waals surface area contributed by atoms with E-state index in [1.54, 1.807) is 12.3 Å². The molecule has 0 aromatic carbocycles. The van der Waals surface area contributed by atoms with Gasteiger partial charge >= 0.3 is 0 Å². The molecule has 0 saturated carbocycles. The third-order valence-electron chi connectivity index (χ3n) is 3.02. The van der Waals surface area contributed by atoms with E-state index in [1.165, 1.54) is 11.3 Å². The maximum atomic E-state index is 12.3. The van der Waals surface area contributed by atoms with E-state index in [-0.39, 0.29) is 11.4 Å². The normalized spacial score (nSPS) is 12.0. The van der Waals surface area contributed by atoms with Crippen molar-refractivity contribution in [3.63, 3.8) is 0 Å². The molecule has 6 nitrogen and oxygen atoms in total. The van der Waals surface area contributed by atoms with Crippen LogP contribution in [-0.4, -0.2) is 18.0 Å². The lowest BCUT2D eigenvalue weighted by molar-refractivity contribution is 0.580. The molecule has 0 radical (unpaired) electrons. The van der Waals surface area contributed by atoms with E-state index in [1.807, 2.05) is 23.8 Å². The Morgan fingerprint density at radius 2 is 2.24 bits per heavy atom. The Kier molecular flexibility index (Phi) is 5.15. The molecule has 0 fully saturated rings. The molecule has 0 saturated heterocycles. The molecule has 0 atom stereocenters. The quantitative estimate of drug-likeness (QED) is 0.808. The van der Waals surface area contributed by atoms with E-state index in [4.69, 9.17) is 5.73 Å². The van der Waals surface area contributed by atoms with Gasteiger partial charge < -0.3 is 10.3 Å². The molecular weight excluding hydrogens is 308 g/mol. The summed E-state index contributed by atoms with van der Waals surface area (Å²) in [6.45, 7) is 5.21. The summed E-state index contributed by atoms with van der Waals surface area (Å²) in [6.07, 6.45) is 2.56. The van der Waals surface area contributed by atoms with Gasteiger partial charge in [-0.3, -0.25) is 0 Å². The van der Waals surface area contributed by atoms with Gasteiger partial charge in [0.25, 0.3) is 0 Å². The third-order valence-corrected chi connectivity index (χ3v) is 5.36. The second-order valence-electron chi connectivity index (χ2n) is 4.77. The number of hydrogen-bond acceptors (Lipinski definition) is 5. The predicted octanol–water partition coefficient (Wildman–Crippen LogP) is 1.60. The maximum absolute atomic E-state index is 12.3. The summed E-state index contributed by atoms with van der Waals surface area (Å²) in [7, 11) is -3.54. The fourth-order valence-electron chi connectivity index (χ4n) is 2.02. The van der Waals surface area contributed by atoms with Crippen molar-refractivity contribution in [2.75, 3.05) is 0 Å². The summed E-state index contributed by atoms with van der Waals surface area (Å²) in [5.74, 6) is 0. The first-order valence-corrected chi connectivity index (χ1v) is 9.12. The van der Waals surface area contributed by atoms with Crippen LogP contribution < -0.4 is 10.5 Å². The standard InChI is InChI=1S/C13H20N4O2S2/c1-3-4-17-8-12(5-11(17)6-14)21(18,19)15-7-13-16-10(2)9-20-13/h5,8-9,15H,3-4,6-7,14H2,1-2H3. The molecule has 0 amide bonds. The highest BCUT2D eigenvalue weighted by Crippen LogP contribution is 2.16. The molecular formula is C13H20N4O2S2. The van der Waals surface area contributed by atoms with Crippen molar-refractivity contribution >= 4 is 21.4 Å². The Morgan fingerprint density at radius 3 is 2.81 bits per heavy atom. The van der Waals surface area contributed by atoms with E-state index >= 15 is 0 Å². The molecule has 0 unspecified atom stereocenters. The fraction of sp³-hybridized carbons (Fsp3) is 0.462. The molecule has 2 heterocycles. The number of aryl methyl sites for hydroxylation is 2. The highest BCUT2D eigenvalue weighted by atomic mass is 32.2. The lowest BCUT2D eigenvalue weighted by atomic mass is 10.4. The van der Waals surface area contributed by atoms with Crippen molar-refractivity contribution in [3.8, 4) is 0 Å². The van der Waals surface area contributed by atoms with Gasteiger partial charge in [-0.05, 0) is 19.4 Å². The maximum Gasteiger partial charge on any atom is 0.242 e. The zero-order valence-electron chi connectivity index (χ0n) is 12.2. The van der Waals surface area contributed by atoms with Crippen molar-refractivity contribution < 1.29 is 8.42 Å². The van der Waals surface area contributed by atoms with Crippen LogP contribution in [0.15, 0.2) is 22.5 Å². The van der Waals surface area contributed by atoms with Gasteiger partial charge in [0.15, 0.2) is 0 Å². The molecule has 3 N–H and O–H groups in total. The summed E-state index contributed by atoms with van der Waals surface area (Å²) in [6, 6.07) is 1.63. The first kappa shape index (κ1) is 16.2. The molecule has 0 aliphatic carbocycles. The number of nitrogens with one attached hydrogen (secondary N) is 1. The smallest absolute Gasteiger partial charge is 0.242 e. The Balaban J connectivity index is 2.15. The first-order valence-electron chi connectivity index (χ1n) is 6.76. The summed E-state index contributed by atoms with van der Waals surface area (Å²) >= 11 is 1.44. The van der Waals surface area contributed by atoms with Gasteiger partial charge in [0, 0.05) is 36.1 Å². The predicted molar refractivity (Wildman–Crippen MR) is 83.5 cm³/mol. The topological polar surface area (TPSA) is 90.0 Å². The van der Waals surface area contributed by atoms with Gasteiger partial charge in [-0.2, -0.15) is 0 Å². The van der Waals surface area contributed by atoms with Gasteiger partial charge in [0.1, 0.15) is 5.01 Å². The van der Waals surface area contributed by atoms with Gasteiger partial charge in [-0.15, -0.1) is 11.3 Å². The van der Waals surface area contributed by atoms with Crippen LogP contribution in [0.4, 0.5) is 0 Å². The number of rotatable bonds is 7. The van der Waals surface area contributed by atoms with E-state index in [0.29, 0.717) is 6.54 Å². The van der Waals surface area contributed by atoms with Crippen molar-refractivity contribution in [2.24, 2.45) is 5.73 Å². The van der Waals surface area contributed by atoms with Crippen LogP contribution in [0, 0.1) is 6.92 Å². The van der Waals surface area contributed by atoms with Gasteiger partial charge in [0.05, 0.1) is 11.4 Å². The second kappa shape index (κ2) is 6.69. The van der Waals surface area contributed by atoms with Crippen LogP contribution in [0.25, 0.3) is 0 Å². The zero-order valence-corrected chi connectivity index (χ0v) is 13.8. The zero-order chi connectivity index (χ0) is 15.5. The summed E-state index contributed by atoms with van der Waals surface area (Å²) in [5.41, 5.74) is 7.38. The number of thiazole rings is 1. The van der Waals surface area contributed by atoms with Crippen LogP contribution in [0.5, 0.6) is 0 Å². The number of nitrogens with zero attached hydrogens (tertiary/aromatic N) is 2. The molecule has 0 spiro atoms. The lowest BCUT2D eigenvalue weighted by Crippen LogP contribution is -2.22. The molecule has 2 aromatic heterocycles. The van der Waals surface area contributed by atoms with E-state index in [9.17, 15) is 8.42 Å². The van der Waals surface area contributed by atoms with Crippen molar-refractivity contribution in [1.29, 1.82) is 0 Å². The number of aromatic nitrogens is 2. The number of sulfonamides is 1. The molecule has 0 bridgehead atoms. The molecule has 0 aliphatic heterocycles. The Labute approximate surface area is 129 Å². The average molecular weight is 328 g/mol. The second-order valence-corrected chi connectivity index (χ2v) is 7.48. The highest BCUT2D eigenvalue weighted by molar-refractivity contribution is 7.89. The van der Waals surface area contributed by atoms with Gasteiger partial charge in [-0.25, -0.2) is 18.1 Å². The van der Waals surface area contributed by atoms with Crippen molar-refractivity contribution in [3.05, 3.63) is 34.0 Å². The van der Waals surface area contributed by atoms with Gasteiger partial charge in [-0.1, -0.05) is 6.92 Å². The van der Waals surface area contributed by atoms with Crippen LogP contribution in [0.2, 0.25) is 0 Å². The average Bonchev–Trinajstić information content (AvgIpc) is 3.04. The first-order chi connectivity index (χ1) is 9.96. The molecule has 21 heavy (non-hydrogen) atoms. The van der Waals surface area contributed by atoms with E-state index < -0.39 is 10.0 Å². The number of nitrogens with two attached hydrogens (primary N) is 1. The number of hydrogen-bond donors (Lipinski definition) is 2. The summed E-state index contributed by atoms with van der Waals surface area (Å²) in [5, 5.41) is 2.65. The van der Waals surface area contributed by atoms with E-state index in [0.717, 1.165) is 29.4 Å². The Bertz CT molecular complexity index is 704. The Morgan fingerprint density at radius 1 is 1.48 bits per heavy atom. The minimum absolute atomic E-state index is 0.206. The lowest BCUT2D eigenvalue weighted by Gasteiger charge is -2.04.